The highest BCUT2D eigenvalue weighted by atomic mass is 16.7. The Morgan fingerprint density at radius 1 is 1.11 bits per heavy atom. The summed E-state index contributed by atoms with van der Waals surface area (Å²) in [6.45, 7) is 2.28. The molecule has 6 nitrogen and oxygen atoms in total. The van der Waals surface area contributed by atoms with E-state index in [2.05, 4.69) is 4.98 Å². The van der Waals surface area contributed by atoms with Crippen molar-refractivity contribution in [2.45, 2.75) is 13.8 Å². The van der Waals surface area contributed by atoms with E-state index in [1.807, 2.05) is 18.2 Å². The zero-order valence-electron chi connectivity index (χ0n) is 10.5. The summed E-state index contributed by atoms with van der Waals surface area (Å²) in [6, 6.07) is 8.89. The highest BCUT2D eigenvalue weighted by Crippen LogP contribution is 2.15. The predicted molar refractivity (Wildman–Crippen MR) is 66.9 cm³/mol. The number of rotatable bonds is 1. The molecule has 0 fully saturated rings. The Morgan fingerprint density at radius 2 is 1.74 bits per heavy atom. The standard InChI is InChI=1S/C13H12N2O4/c1-8(16)15(9(2)17)19-13(18)12-7-10-5-3-4-6-11(10)14-12/h3-7,14H,1-2H3. The van der Waals surface area contributed by atoms with Crippen LogP contribution in [0.4, 0.5) is 0 Å². The van der Waals surface area contributed by atoms with Gasteiger partial charge in [0, 0.05) is 24.8 Å². The van der Waals surface area contributed by atoms with Crippen LogP contribution in [0.3, 0.4) is 0 Å². The predicted octanol–water partition coefficient (Wildman–Crippen LogP) is 1.63. The first kappa shape index (κ1) is 12.8. The lowest BCUT2D eigenvalue weighted by Gasteiger charge is -2.14. The summed E-state index contributed by atoms with van der Waals surface area (Å²) in [5, 5.41) is 1.26. The van der Waals surface area contributed by atoms with Crippen molar-refractivity contribution in [3.8, 4) is 0 Å². The minimum Gasteiger partial charge on any atom is -0.349 e. The number of amides is 2. The first-order valence-electron chi connectivity index (χ1n) is 5.60. The number of hydroxylamine groups is 2. The smallest absolute Gasteiger partial charge is 0.349 e. The van der Waals surface area contributed by atoms with Gasteiger partial charge in [0.25, 0.3) is 11.8 Å². The average Bonchev–Trinajstić information content (AvgIpc) is 2.78. The summed E-state index contributed by atoms with van der Waals surface area (Å²) in [6.07, 6.45) is 0. The fourth-order valence-corrected chi connectivity index (χ4v) is 1.67. The van der Waals surface area contributed by atoms with E-state index in [-0.39, 0.29) is 5.69 Å². The topological polar surface area (TPSA) is 79.5 Å². The number of nitrogens with one attached hydrogen (secondary N) is 1. The van der Waals surface area contributed by atoms with Gasteiger partial charge in [-0.1, -0.05) is 18.2 Å². The number of carbonyl (C=O) groups excluding carboxylic acids is 3. The van der Waals surface area contributed by atoms with E-state index < -0.39 is 17.8 Å². The highest BCUT2D eigenvalue weighted by molar-refractivity contribution is 5.98. The van der Waals surface area contributed by atoms with Crippen molar-refractivity contribution in [3.05, 3.63) is 36.0 Å². The van der Waals surface area contributed by atoms with Crippen molar-refractivity contribution >= 4 is 28.7 Å². The Hall–Kier alpha value is -2.63. The summed E-state index contributed by atoms with van der Waals surface area (Å²) < 4.78 is 0. The van der Waals surface area contributed by atoms with Crippen LogP contribution < -0.4 is 0 Å². The summed E-state index contributed by atoms with van der Waals surface area (Å²) in [5.74, 6) is -2.10. The van der Waals surface area contributed by atoms with Gasteiger partial charge in [-0.05, 0) is 12.1 Å². The van der Waals surface area contributed by atoms with E-state index >= 15 is 0 Å². The highest BCUT2D eigenvalue weighted by Gasteiger charge is 2.21. The van der Waals surface area contributed by atoms with Gasteiger partial charge < -0.3 is 9.82 Å². The molecule has 2 amide bonds. The molecule has 1 aromatic heterocycles. The van der Waals surface area contributed by atoms with Crippen LogP contribution in [0, 0.1) is 0 Å². The van der Waals surface area contributed by atoms with Gasteiger partial charge in [-0.25, -0.2) is 4.79 Å². The van der Waals surface area contributed by atoms with Crippen LogP contribution in [-0.2, 0) is 14.4 Å². The largest absolute Gasteiger partial charge is 0.379 e. The number of fused-ring (bicyclic) bond motifs is 1. The van der Waals surface area contributed by atoms with E-state index in [1.165, 1.54) is 0 Å². The SMILES string of the molecule is CC(=O)N(OC(=O)c1cc2ccccc2[nH]1)C(C)=O. The lowest BCUT2D eigenvalue weighted by Crippen LogP contribution is -2.35. The molecule has 0 atom stereocenters. The van der Waals surface area contributed by atoms with E-state index in [4.69, 9.17) is 4.84 Å². The van der Waals surface area contributed by atoms with Gasteiger partial charge in [0.1, 0.15) is 5.69 Å². The molecule has 19 heavy (non-hydrogen) atoms. The minimum atomic E-state index is -0.790. The van der Waals surface area contributed by atoms with E-state index in [0.29, 0.717) is 5.06 Å². The van der Waals surface area contributed by atoms with Crippen LogP contribution in [0.25, 0.3) is 10.9 Å². The van der Waals surface area contributed by atoms with Crippen molar-refractivity contribution in [1.29, 1.82) is 0 Å². The van der Waals surface area contributed by atoms with Crippen LogP contribution in [0.1, 0.15) is 24.3 Å². The number of imide groups is 1. The second kappa shape index (κ2) is 4.93. The molecule has 98 valence electrons. The van der Waals surface area contributed by atoms with Crippen molar-refractivity contribution in [2.75, 3.05) is 0 Å². The third kappa shape index (κ3) is 2.62. The Balaban J connectivity index is 2.24. The molecule has 2 rings (SSSR count). The molecule has 1 heterocycles. The lowest BCUT2D eigenvalue weighted by atomic mass is 10.2. The quantitative estimate of drug-likeness (QED) is 0.790. The van der Waals surface area contributed by atoms with Gasteiger partial charge in [0.15, 0.2) is 0 Å². The lowest BCUT2D eigenvalue weighted by molar-refractivity contribution is -0.177. The average molecular weight is 260 g/mol. The van der Waals surface area contributed by atoms with Gasteiger partial charge >= 0.3 is 5.97 Å². The van der Waals surface area contributed by atoms with Crippen molar-refractivity contribution < 1.29 is 19.2 Å². The normalized spacial score (nSPS) is 10.2. The molecule has 0 radical (unpaired) electrons. The number of hydrogen-bond donors (Lipinski definition) is 1. The Labute approximate surface area is 108 Å². The summed E-state index contributed by atoms with van der Waals surface area (Å²) in [7, 11) is 0. The van der Waals surface area contributed by atoms with E-state index in [9.17, 15) is 14.4 Å². The maximum Gasteiger partial charge on any atom is 0.379 e. The summed E-state index contributed by atoms with van der Waals surface area (Å²) in [4.78, 5) is 41.7. The maximum absolute atomic E-state index is 11.8. The first-order chi connectivity index (χ1) is 8.99. The Morgan fingerprint density at radius 3 is 2.32 bits per heavy atom. The fraction of sp³-hybridized carbons (Fsp3) is 0.154. The van der Waals surface area contributed by atoms with Gasteiger partial charge in [-0.3, -0.25) is 9.59 Å². The monoisotopic (exact) mass is 260 g/mol. The van der Waals surface area contributed by atoms with Crippen molar-refractivity contribution in [2.24, 2.45) is 0 Å². The Kier molecular flexibility index (Phi) is 3.33. The first-order valence-corrected chi connectivity index (χ1v) is 5.60. The number of hydrogen-bond acceptors (Lipinski definition) is 4. The number of H-pyrrole nitrogens is 1. The second-order valence-electron chi connectivity index (χ2n) is 3.98. The summed E-state index contributed by atoms with van der Waals surface area (Å²) in [5.41, 5.74) is 0.945. The molecule has 2 aromatic rings. The number of benzene rings is 1. The number of para-hydroxylation sites is 1. The van der Waals surface area contributed by atoms with Crippen LogP contribution in [0.2, 0.25) is 0 Å². The van der Waals surface area contributed by atoms with Crippen molar-refractivity contribution in [3.63, 3.8) is 0 Å². The number of carbonyl (C=O) groups is 3. The van der Waals surface area contributed by atoms with Crippen molar-refractivity contribution in [1.82, 2.24) is 10.0 Å². The molecule has 6 heteroatoms. The molecule has 0 bridgehead atoms. The minimum absolute atomic E-state index is 0.175. The molecule has 0 saturated carbocycles. The molecule has 0 aliphatic heterocycles. The third-order valence-corrected chi connectivity index (χ3v) is 2.50. The molecular formula is C13H12N2O4. The zero-order valence-corrected chi connectivity index (χ0v) is 10.5. The number of nitrogens with zero attached hydrogens (tertiary/aromatic N) is 1. The van der Waals surface area contributed by atoms with Gasteiger partial charge in [-0.15, -0.1) is 5.06 Å². The summed E-state index contributed by atoms with van der Waals surface area (Å²) >= 11 is 0. The second-order valence-corrected chi connectivity index (χ2v) is 3.98. The van der Waals surface area contributed by atoms with Crippen LogP contribution >= 0.6 is 0 Å². The fourth-order valence-electron chi connectivity index (χ4n) is 1.67. The molecule has 1 aromatic carbocycles. The van der Waals surface area contributed by atoms with Gasteiger partial charge in [0.2, 0.25) is 0 Å². The molecular weight excluding hydrogens is 248 g/mol. The van der Waals surface area contributed by atoms with E-state index in [0.717, 1.165) is 24.8 Å². The Bertz CT molecular complexity index is 612. The molecule has 0 aliphatic carbocycles. The molecule has 0 unspecified atom stereocenters. The van der Waals surface area contributed by atoms with Crippen LogP contribution in [-0.4, -0.2) is 27.8 Å². The molecule has 0 spiro atoms. The molecule has 0 saturated heterocycles. The van der Waals surface area contributed by atoms with E-state index in [1.54, 1.807) is 12.1 Å². The molecule has 0 aliphatic rings. The number of aromatic nitrogens is 1. The van der Waals surface area contributed by atoms with Crippen LogP contribution in [0.5, 0.6) is 0 Å². The number of aromatic amines is 1. The molecule has 1 N–H and O–H groups in total. The van der Waals surface area contributed by atoms with Gasteiger partial charge in [0.05, 0.1) is 0 Å². The van der Waals surface area contributed by atoms with Gasteiger partial charge in [-0.2, -0.15) is 0 Å². The maximum atomic E-state index is 11.8. The third-order valence-electron chi connectivity index (χ3n) is 2.50. The van der Waals surface area contributed by atoms with Crippen LogP contribution in [0.15, 0.2) is 30.3 Å². The zero-order chi connectivity index (χ0) is 14.0.